The first-order valence-corrected chi connectivity index (χ1v) is 8.49. The van der Waals surface area contributed by atoms with E-state index >= 15 is 0 Å². The van der Waals surface area contributed by atoms with Gasteiger partial charge in [-0.05, 0) is 30.2 Å². The fraction of sp³-hybridized carbons (Fsp3) is 0.0417. The van der Waals surface area contributed by atoms with Crippen LogP contribution in [0.3, 0.4) is 0 Å². The van der Waals surface area contributed by atoms with Gasteiger partial charge in [0.15, 0.2) is 0 Å². The lowest BCUT2D eigenvalue weighted by atomic mass is 10.00. The SMILES string of the molecule is Cc1ccc(-c2cc(-c3ccccc3)cc(-c3ccccc3)n2)cc1. The van der Waals surface area contributed by atoms with Crippen molar-refractivity contribution in [1.82, 2.24) is 4.98 Å². The zero-order chi connectivity index (χ0) is 17.1. The van der Waals surface area contributed by atoms with Crippen molar-refractivity contribution in [3.63, 3.8) is 0 Å². The van der Waals surface area contributed by atoms with Gasteiger partial charge in [0.25, 0.3) is 0 Å². The molecular formula is C24H19N. The van der Waals surface area contributed by atoms with Crippen LogP contribution in [0, 0.1) is 6.92 Å². The summed E-state index contributed by atoms with van der Waals surface area (Å²) in [7, 11) is 0. The van der Waals surface area contributed by atoms with Crippen LogP contribution >= 0.6 is 0 Å². The van der Waals surface area contributed by atoms with Crippen molar-refractivity contribution in [1.29, 1.82) is 0 Å². The van der Waals surface area contributed by atoms with Crippen LogP contribution in [-0.4, -0.2) is 4.98 Å². The van der Waals surface area contributed by atoms with Crippen molar-refractivity contribution in [3.8, 4) is 33.6 Å². The van der Waals surface area contributed by atoms with Crippen LogP contribution < -0.4 is 0 Å². The van der Waals surface area contributed by atoms with Crippen molar-refractivity contribution in [2.24, 2.45) is 0 Å². The molecule has 0 N–H and O–H groups in total. The zero-order valence-corrected chi connectivity index (χ0v) is 14.2. The van der Waals surface area contributed by atoms with E-state index in [4.69, 9.17) is 4.98 Å². The Hall–Kier alpha value is -3.19. The monoisotopic (exact) mass is 321 g/mol. The molecule has 1 aromatic heterocycles. The second kappa shape index (κ2) is 6.74. The fourth-order valence-electron chi connectivity index (χ4n) is 2.96. The van der Waals surface area contributed by atoms with Crippen LogP contribution in [0.15, 0.2) is 97.1 Å². The standard InChI is InChI=1S/C24H19N/c1-18-12-14-21(15-13-18)24-17-22(19-8-4-2-5-9-19)16-23(25-24)20-10-6-3-7-11-20/h2-17H,1H3. The molecule has 0 spiro atoms. The molecule has 4 rings (SSSR count). The molecule has 0 aliphatic heterocycles. The van der Waals surface area contributed by atoms with Crippen LogP contribution in [0.5, 0.6) is 0 Å². The van der Waals surface area contributed by atoms with Crippen molar-refractivity contribution < 1.29 is 0 Å². The number of aryl methyl sites for hydroxylation is 1. The summed E-state index contributed by atoms with van der Waals surface area (Å²) in [6, 6.07) is 33.7. The summed E-state index contributed by atoms with van der Waals surface area (Å²) in [6.45, 7) is 2.10. The van der Waals surface area contributed by atoms with E-state index in [1.165, 1.54) is 16.7 Å². The second-order valence-electron chi connectivity index (χ2n) is 6.22. The number of rotatable bonds is 3. The van der Waals surface area contributed by atoms with Gasteiger partial charge in [-0.3, -0.25) is 0 Å². The number of nitrogens with zero attached hydrogens (tertiary/aromatic N) is 1. The molecule has 0 fully saturated rings. The summed E-state index contributed by atoms with van der Waals surface area (Å²) >= 11 is 0. The zero-order valence-electron chi connectivity index (χ0n) is 14.2. The third-order valence-electron chi connectivity index (χ3n) is 4.35. The molecule has 0 aliphatic carbocycles. The number of pyridine rings is 1. The van der Waals surface area contributed by atoms with Crippen molar-refractivity contribution in [3.05, 3.63) is 103 Å². The molecule has 120 valence electrons. The van der Waals surface area contributed by atoms with Gasteiger partial charge in [0, 0.05) is 11.1 Å². The Labute approximate surface area is 148 Å². The first-order valence-electron chi connectivity index (χ1n) is 8.49. The van der Waals surface area contributed by atoms with Crippen LogP contribution in [0.2, 0.25) is 0 Å². The molecule has 0 saturated carbocycles. The van der Waals surface area contributed by atoms with E-state index in [9.17, 15) is 0 Å². The van der Waals surface area contributed by atoms with Gasteiger partial charge in [0.2, 0.25) is 0 Å². The lowest BCUT2D eigenvalue weighted by Crippen LogP contribution is -1.91. The van der Waals surface area contributed by atoms with E-state index in [-0.39, 0.29) is 0 Å². The minimum atomic E-state index is 0.998. The van der Waals surface area contributed by atoms with Crippen molar-refractivity contribution >= 4 is 0 Å². The number of aromatic nitrogens is 1. The molecule has 0 atom stereocenters. The third kappa shape index (κ3) is 3.36. The third-order valence-corrected chi connectivity index (χ3v) is 4.35. The molecule has 3 aromatic carbocycles. The minimum Gasteiger partial charge on any atom is -0.248 e. The van der Waals surface area contributed by atoms with Crippen LogP contribution in [0.25, 0.3) is 33.6 Å². The van der Waals surface area contributed by atoms with E-state index in [0.717, 1.165) is 22.5 Å². The Morgan fingerprint density at radius 2 is 0.960 bits per heavy atom. The highest BCUT2D eigenvalue weighted by Crippen LogP contribution is 2.30. The van der Waals surface area contributed by atoms with E-state index in [1.807, 2.05) is 12.1 Å². The van der Waals surface area contributed by atoms with Crippen LogP contribution in [0.4, 0.5) is 0 Å². The first-order chi connectivity index (χ1) is 12.3. The van der Waals surface area contributed by atoms with Crippen LogP contribution in [0.1, 0.15) is 5.56 Å². The fourth-order valence-corrected chi connectivity index (χ4v) is 2.96. The average molecular weight is 321 g/mol. The lowest BCUT2D eigenvalue weighted by molar-refractivity contribution is 1.32. The molecule has 25 heavy (non-hydrogen) atoms. The van der Waals surface area contributed by atoms with Gasteiger partial charge in [-0.15, -0.1) is 0 Å². The molecule has 1 nitrogen and oxygen atoms in total. The summed E-state index contributed by atoms with van der Waals surface area (Å²) in [4.78, 5) is 4.93. The highest BCUT2D eigenvalue weighted by molar-refractivity contribution is 5.76. The smallest absolute Gasteiger partial charge is 0.0715 e. The van der Waals surface area contributed by atoms with E-state index in [1.54, 1.807) is 0 Å². The van der Waals surface area contributed by atoms with E-state index in [0.29, 0.717) is 0 Å². The predicted octanol–water partition coefficient (Wildman–Crippen LogP) is 6.39. The quantitative estimate of drug-likeness (QED) is 0.426. The van der Waals surface area contributed by atoms with Crippen molar-refractivity contribution in [2.45, 2.75) is 6.92 Å². The van der Waals surface area contributed by atoms with Crippen LogP contribution in [-0.2, 0) is 0 Å². The maximum atomic E-state index is 4.93. The lowest BCUT2D eigenvalue weighted by Gasteiger charge is -2.10. The molecule has 1 heteroatoms. The topological polar surface area (TPSA) is 12.9 Å². The van der Waals surface area contributed by atoms with Gasteiger partial charge in [-0.25, -0.2) is 4.98 Å². The second-order valence-corrected chi connectivity index (χ2v) is 6.22. The number of hydrogen-bond donors (Lipinski definition) is 0. The van der Waals surface area contributed by atoms with Gasteiger partial charge in [-0.2, -0.15) is 0 Å². The Bertz CT molecular complexity index is 914. The summed E-state index contributed by atoms with van der Waals surface area (Å²) in [6.07, 6.45) is 0. The van der Waals surface area contributed by atoms with E-state index < -0.39 is 0 Å². The van der Waals surface area contributed by atoms with Gasteiger partial charge in [0.1, 0.15) is 0 Å². The Kier molecular flexibility index (Phi) is 4.14. The summed E-state index contributed by atoms with van der Waals surface area (Å²) in [5.74, 6) is 0. The molecular weight excluding hydrogens is 302 g/mol. The normalized spacial score (nSPS) is 10.6. The van der Waals surface area contributed by atoms with Crippen molar-refractivity contribution in [2.75, 3.05) is 0 Å². The highest BCUT2D eigenvalue weighted by Gasteiger charge is 2.08. The molecule has 4 aromatic rings. The molecule has 0 unspecified atom stereocenters. The van der Waals surface area contributed by atoms with Gasteiger partial charge >= 0.3 is 0 Å². The first kappa shape index (κ1) is 15.3. The predicted molar refractivity (Wildman–Crippen MR) is 105 cm³/mol. The largest absolute Gasteiger partial charge is 0.248 e. The molecule has 0 saturated heterocycles. The van der Waals surface area contributed by atoms with E-state index in [2.05, 4.69) is 91.9 Å². The number of hydrogen-bond acceptors (Lipinski definition) is 1. The highest BCUT2D eigenvalue weighted by atomic mass is 14.7. The Morgan fingerprint density at radius 1 is 0.480 bits per heavy atom. The molecule has 0 amide bonds. The summed E-state index contributed by atoms with van der Waals surface area (Å²) in [5.41, 5.74) is 7.92. The summed E-state index contributed by atoms with van der Waals surface area (Å²) in [5, 5.41) is 0. The summed E-state index contributed by atoms with van der Waals surface area (Å²) < 4.78 is 0. The van der Waals surface area contributed by atoms with Gasteiger partial charge < -0.3 is 0 Å². The molecule has 0 radical (unpaired) electrons. The Morgan fingerprint density at radius 3 is 1.52 bits per heavy atom. The maximum Gasteiger partial charge on any atom is 0.0715 e. The Balaban J connectivity index is 1.90. The average Bonchev–Trinajstić information content (AvgIpc) is 2.69. The molecule has 0 aliphatic rings. The molecule has 0 bridgehead atoms. The van der Waals surface area contributed by atoms with Gasteiger partial charge in [0.05, 0.1) is 11.4 Å². The number of benzene rings is 3. The minimum absolute atomic E-state index is 0.998. The van der Waals surface area contributed by atoms with Gasteiger partial charge in [-0.1, -0.05) is 90.5 Å². The molecule has 1 heterocycles. The maximum absolute atomic E-state index is 4.93.